The molecule has 1 saturated heterocycles. The molecule has 1 N–H and O–H groups in total. The predicted octanol–water partition coefficient (Wildman–Crippen LogP) is -0.729. The lowest BCUT2D eigenvalue weighted by Gasteiger charge is -2.15. The average Bonchev–Trinajstić information content (AvgIpc) is 2.73. The number of nitrogens with one attached hydrogen (secondary N) is 1. The second-order valence-corrected chi connectivity index (χ2v) is 6.12. The minimum absolute atomic E-state index is 0.119. The molecule has 6 nitrogen and oxygen atoms in total. The van der Waals surface area contributed by atoms with E-state index < -0.39 is 10.0 Å². The van der Waals surface area contributed by atoms with Crippen LogP contribution in [0.5, 0.6) is 0 Å². The van der Waals surface area contributed by atoms with Gasteiger partial charge in [-0.2, -0.15) is 4.31 Å². The van der Waals surface area contributed by atoms with Crippen molar-refractivity contribution in [2.45, 2.75) is 19.1 Å². The molecule has 0 amide bonds. The smallest absolute Gasteiger partial charge is 0.215 e. The maximum Gasteiger partial charge on any atom is 0.215 e. The van der Waals surface area contributed by atoms with Gasteiger partial charge in [-0.25, -0.2) is 8.42 Å². The lowest BCUT2D eigenvalue weighted by atomic mass is 10.3. The molecule has 0 spiro atoms. The Bertz CT molecular complexity index is 308. The molecular formula is C10H22N2O4S. The highest BCUT2D eigenvalue weighted by Gasteiger charge is 2.38. The van der Waals surface area contributed by atoms with Crippen molar-refractivity contribution in [1.82, 2.24) is 9.62 Å². The summed E-state index contributed by atoms with van der Waals surface area (Å²) < 4.78 is 35.9. The second-order valence-electron chi connectivity index (χ2n) is 4.03. The van der Waals surface area contributed by atoms with E-state index in [1.54, 1.807) is 14.2 Å². The second kappa shape index (κ2) is 6.65. The predicted molar refractivity (Wildman–Crippen MR) is 65.5 cm³/mol. The fraction of sp³-hybridized carbons (Fsp3) is 1.00. The zero-order valence-electron chi connectivity index (χ0n) is 10.7. The van der Waals surface area contributed by atoms with Gasteiger partial charge in [0, 0.05) is 33.9 Å². The first-order valence-corrected chi connectivity index (χ1v) is 7.40. The van der Waals surface area contributed by atoms with Crippen molar-refractivity contribution in [1.29, 1.82) is 0 Å². The molecule has 1 rings (SSSR count). The molecule has 17 heavy (non-hydrogen) atoms. The van der Waals surface area contributed by atoms with Crippen LogP contribution in [0.2, 0.25) is 0 Å². The molecule has 0 aromatic carbocycles. The van der Waals surface area contributed by atoms with Crippen LogP contribution >= 0.6 is 0 Å². The zero-order valence-corrected chi connectivity index (χ0v) is 11.5. The third-order valence-corrected chi connectivity index (χ3v) is 4.77. The largest absolute Gasteiger partial charge is 0.377 e. The first-order valence-electron chi connectivity index (χ1n) is 5.79. The number of ether oxygens (including phenoxy) is 2. The summed E-state index contributed by atoms with van der Waals surface area (Å²) in [4.78, 5) is 0. The van der Waals surface area contributed by atoms with E-state index in [1.807, 2.05) is 6.92 Å². The van der Waals surface area contributed by atoms with Crippen LogP contribution in [-0.4, -0.2) is 71.1 Å². The van der Waals surface area contributed by atoms with E-state index in [0.717, 1.165) is 6.54 Å². The van der Waals surface area contributed by atoms with Gasteiger partial charge in [0.2, 0.25) is 10.0 Å². The summed E-state index contributed by atoms with van der Waals surface area (Å²) >= 11 is 0. The Morgan fingerprint density at radius 1 is 1.24 bits per heavy atom. The highest BCUT2D eigenvalue weighted by molar-refractivity contribution is 7.89. The Morgan fingerprint density at radius 2 is 1.76 bits per heavy atom. The van der Waals surface area contributed by atoms with Crippen LogP contribution in [0.25, 0.3) is 0 Å². The molecule has 0 bridgehead atoms. The minimum Gasteiger partial charge on any atom is -0.377 e. The van der Waals surface area contributed by atoms with E-state index in [1.165, 1.54) is 4.31 Å². The van der Waals surface area contributed by atoms with Crippen LogP contribution in [0.15, 0.2) is 0 Å². The SMILES string of the molecule is CCNCCS(=O)(=O)N1CC(OC)C(OC)C1. The number of nitrogens with zero attached hydrogens (tertiary/aromatic N) is 1. The van der Waals surface area contributed by atoms with Crippen molar-refractivity contribution in [3.05, 3.63) is 0 Å². The molecule has 2 atom stereocenters. The van der Waals surface area contributed by atoms with Crippen molar-refractivity contribution in [3.63, 3.8) is 0 Å². The molecule has 0 aromatic rings. The molecule has 0 aliphatic carbocycles. The monoisotopic (exact) mass is 266 g/mol. The van der Waals surface area contributed by atoms with Gasteiger partial charge in [0.15, 0.2) is 0 Å². The lowest BCUT2D eigenvalue weighted by molar-refractivity contribution is -0.00461. The molecule has 1 fully saturated rings. The maximum atomic E-state index is 12.0. The van der Waals surface area contributed by atoms with E-state index in [0.29, 0.717) is 19.6 Å². The van der Waals surface area contributed by atoms with Crippen LogP contribution in [0.1, 0.15) is 6.92 Å². The van der Waals surface area contributed by atoms with Crippen molar-refractivity contribution in [2.24, 2.45) is 0 Å². The van der Waals surface area contributed by atoms with E-state index in [4.69, 9.17) is 9.47 Å². The van der Waals surface area contributed by atoms with Gasteiger partial charge in [-0.3, -0.25) is 0 Å². The Kier molecular flexibility index (Phi) is 5.81. The topological polar surface area (TPSA) is 67.9 Å². The van der Waals surface area contributed by atoms with E-state index in [2.05, 4.69) is 5.32 Å². The minimum atomic E-state index is -3.21. The van der Waals surface area contributed by atoms with Gasteiger partial charge >= 0.3 is 0 Å². The number of rotatable bonds is 7. The van der Waals surface area contributed by atoms with Gasteiger partial charge in [-0.1, -0.05) is 6.92 Å². The van der Waals surface area contributed by atoms with Crippen molar-refractivity contribution in [3.8, 4) is 0 Å². The molecule has 0 aromatic heterocycles. The Labute approximate surface area is 103 Å². The van der Waals surface area contributed by atoms with Crippen LogP contribution in [-0.2, 0) is 19.5 Å². The van der Waals surface area contributed by atoms with E-state index in [-0.39, 0.29) is 18.0 Å². The molecular weight excluding hydrogens is 244 g/mol. The van der Waals surface area contributed by atoms with Gasteiger partial charge < -0.3 is 14.8 Å². The Morgan fingerprint density at radius 3 is 2.18 bits per heavy atom. The van der Waals surface area contributed by atoms with Crippen LogP contribution in [0.4, 0.5) is 0 Å². The fourth-order valence-corrected chi connectivity index (χ4v) is 3.31. The summed E-state index contributed by atoms with van der Waals surface area (Å²) in [6.07, 6.45) is -0.345. The van der Waals surface area contributed by atoms with Crippen molar-refractivity contribution < 1.29 is 17.9 Å². The number of sulfonamides is 1. The van der Waals surface area contributed by atoms with Crippen molar-refractivity contribution >= 4 is 10.0 Å². The summed E-state index contributed by atoms with van der Waals surface area (Å²) in [5.41, 5.74) is 0. The van der Waals surface area contributed by atoms with Gasteiger partial charge in [-0.15, -0.1) is 0 Å². The third kappa shape index (κ3) is 3.89. The molecule has 0 saturated carbocycles. The molecule has 1 heterocycles. The van der Waals surface area contributed by atoms with Gasteiger partial charge in [0.25, 0.3) is 0 Å². The first kappa shape index (κ1) is 14.8. The summed E-state index contributed by atoms with van der Waals surface area (Å²) in [6, 6.07) is 0. The third-order valence-electron chi connectivity index (χ3n) is 2.97. The maximum absolute atomic E-state index is 12.0. The highest BCUT2D eigenvalue weighted by Crippen LogP contribution is 2.18. The van der Waals surface area contributed by atoms with Gasteiger partial charge in [-0.05, 0) is 6.54 Å². The molecule has 2 unspecified atom stereocenters. The molecule has 1 aliphatic heterocycles. The van der Waals surface area contributed by atoms with Crippen LogP contribution in [0, 0.1) is 0 Å². The number of methoxy groups -OCH3 is 2. The molecule has 102 valence electrons. The Hall–Kier alpha value is -0.210. The summed E-state index contributed by atoms with van der Waals surface area (Å²) in [7, 11) is -0.0577. The van der Waals surface area contributed by atoms with E-state index in [9.17, 15) is 8.42 Å². The normalized spacial score (nSPS) is 26.5. The highest BCUT2D eigenvalue weighted by atomic mass is 32.2. The molecule has 0 radical (unpaired) electrons. The van der Waals surface area contributed by atoms with E-state index >= 15 is 0 Å². The van der Waals surface area contributed by atoms with Crippen LogP contribution in [0.3, 0.4) is 0 Å². The standard InChI is InChI=1S/C10H22N2O4S/c1-4-11-5-6-17(13,14)12-7-9(15-2)10(8-12)16-3/h9-11H,4-8H2,1-3H3. The van der Waals surface area contributed by atoms with Gasteiger partial charge in [0.05, 0.1) is 18.0 Å². The van der Waals surface area contributed by atoms with Gasteiger partial charge in [0.1, 0.15) is 0 Å². The summed E-state index contributed by atoms with van der Waals surface area (Å²) in [6.45, 7) is 3.96. The molecule has 7 heteroatoms. The first-order chi connectivity index (χ1) is 8.05. The average molecular weight is 266 g/mol. The summed E-state index contributed by atoms with van der Waals surface area (Å²) in [5.74, 6) is 0.119. The number of hydrogen-bond acceptors (Lipinski definition) is 5. The van der Waals surface area contributed by atoms with Crippen molar-refractivity contribution in [2.75, 3.05) is 46.2 Å². The molecule has 1 aliphatic rings. The zero-order chi connectivity index (χ0) is 12.9. The Balaban J connectivity index is 2.56. The fourth-order valence-electron chi connectivity index (χ4n) is 1.90. The quantitative estimate of drug-likeness (QED) is 0.615. The lowest BCUT2D eigenvalue weighted by Crippen LogP contribution is -2.35. The summed E-state index contributed by atoms with van der Waals surface area (Å²) in [5, 5.41) is 3.01. The van der Waals surface area contributed by atoms with Crippen LogP contribution < -0.4 is 5.32 Å². The number of hydrogen-bond donors (Lipinski definition) is 1.